The summed E-state index contributed by atoms with van der Waals surface area (Å²) in [6.07, 6.45) is 0. The molecule has 0 amide bonds. The van der Waals surface area contributed by atoms with Gasteiger partial charge in [0.1, 0.15) is 0 Å². The van der Waals surface area contributed by atoms with Crippen LogP contribution in [0, 0.1) is 0 Å². The number of carboxylic acid groups (broad SMARTS) is 2. The molecule has 0 spiro atoms. The minimum atomic E-state index is -1.00. The van der Waals surface area contributed by atoms with E-state index in [0.29, 0.717) is 0 Å². The normalized spacial score (nSPS) is 9.40. The molecule has 0 bridgehead atoms. The number of carboxylic acids is 2. The summed E-state index contributed by atoms with van der Waals surface area (Å²) in [5, 5.41) is 20.2. The predicted molar refractivity (Wildman–Crippen MR) is 79.3 cm³/mol. The zero-order valence-electron chi connectivity index (χ0n) is 11.9. The second kappa shape index (κ2) is 21.3. The summed E-state index contributed by atoms with van der Waals surface area (Å²) in [5.41, 5.74) is 0. The molecule has 10 heteroatoms. The Balaban J connectivity index is -0.00000144. The molecule has 0 saturated carbocycles. The Labute approximate surface area is 181 Å². The average molecular weight is 374 g/mol. The van der Waals surface area contributed by atoms with Gasteiger partial charge in [0.15, 0.2) is 0 Å². The number of hydrogen-bond acceptors (Lipinski definition) is 8. The molecule has 0 aromatic rings. The summed E-state index contributed by atoms with van der Waals surface area (Å²) in [6.45, 7) is 0. The van der Waals surface area contributed by atoms with E-state index in [4.69, 9.17) is 0 Å². The van der Waals surface area contributed by atoms with Crippen LogP contribution < -0.4 is 69.3 Å². The summed E-state index contributed by atoms with van der Waals surface area (Å²) in [4.78, 5) is 20.2. The Bertz CT molecular complexity index is 223. The molecule has 0 radical (unpaired) electrons. The van der Waals surface area contributed by atoms with E-state index in [1.54, 1.807) is 0 Å². The smallest absolute Gasteiger partial charge is 0.549 e. The van der Waals surface area contributed by atoms with Crippen LogP contribution in [0.3, 0.4) is 0 Å². The molecule has 20 heavy (non-hydrogen) atoms. The molecule has 0 saturated heterocycles. The number of rotatable bonds is 13. The van der Waals surface area contributed by atoms with Gasteiger partial charge in [-0.05, 0) is 0 Å². The Morgan fingerprint density at radius 3 is 1.10 bits per heavy atom. The van der Waals surface area contributed by atoms with Gasteiger partial charge < -0.3 is 19.8 Å². The largest absolute Gasteiger partial charge is 1.00 e. The SMILES string of the molecule is O=C([O-])CSCCSCCSCCSCC(=O)[O-].[Na+].[Na+]. The maximum Gasteiger partial charge on any atom is 1.00 e. The van der Waals surface area contributed by atoms with Crippen molar-refractivity contribution in [3.05, 3.63) is 0 Å². The molecule has 0 aromatic carbocycles. The third-order valence-corrected chi connectivity index (χ3v) is 6.17. The molecule has 0 atom stereocenters. The van der Waals surface area contributed by atoms with E-state index < -0.39 is 11.9 Å². The molecule has 0 unspecified atom stereocenters. The molecule has 0 heterocycles. The van der Waals surface area contributed by atoms with Gasteiger partial charge in [0.25, 0.3) is 0 Å². The van der Waals surface area contributed by atoms with E-state index in [0.717, 1.165) is 34.5 Å². The van der Waals surface area contributed by atoms with Crippen molar-refractivity contribution in [2.24, 2.45) is 0 Å². The zero-order valence-corrected chi connectivity index (χ0v) is 19.2. The molecule has 0 aliphatic carbocycles. The Morgan fingerprint density at radius 1 is 0.600 bits per heavy atom. The summed E-state index contributed by atoms with van der Waals surface area (Å²) >= 11 is 6.38. The van der Waals surface area contributed by atoms with Crippen molar-refractivity contribution in [2.45, 2.75) is 0 Å². The maximum absolute atomic E-state index is 10.1. The van der Waals surface area contributed by atoms with Crippen LogP contribution >= 0.6 is 47.0 Å². The number of hydrogen-bond donors (Lipinski definition) is 0. The van der Waals surface area contributed by atoms with Gasteiger partial charge in [0.05, 0.1) is 11.9 Å². The van der Waals surface area contributed by atoms with E-state index >= 15 is 0 Å². The molecule has 106 valence electrons. The minimum Gasteiger partial charge on any atom is -0.549 e. The van der Waals surface area contributed by atoms with Gasteiger partial charge in [-0.25, -0.2) is 0 Å². The number of carbonyl (C=O) groups is 2. The van der Waals surface area contributed by atoms with Crippen LogP contribution in [0.5, 0.6) is 0 Å². The van der Waals surface area contributed by atoms with Gasteiger partial charge in [0, 0.05) is 46.0 Å². The quantitative estimate of drug-likeness (QED) is 0.233. The molecule has 0 aliphatic rings. The topological polar surface area (TPSA) is 80.3 Å². The summed E-state index contributed by atoms with van der Waals surface area (Å²) < 4.78 is 0. The summed E-state index contributed by atoms with van der Waals surface area (Å²) in [6, 6.07) is 0. The average Bonchev–Trinajstić information content (AvgIpc) is 2.29. The van der Waals surface area contributed by atoms with Gasteiger partial charge in [-0.15, -0.1) is 0 Å². The van der Waals surface area contributed by atoms with E-state index in [9.17, 15) is 19.8 Å². The summed E-state index contributed by atoms with van der Waals surface area (Å²) in [7, 11) is 0. The third-order valence-electron chi connectivity index (χ3n) is 1.56. The fourth-order valence-corrected chi connectivity index (χ4v) is 4.73. The molecule has 0 aliphatic heterocycles. The fourth-order valence-electron chi connectivity index (χ4n) is 0.869. The Hall–Kier alpha value is 2.34. The van der Waals surface area contributed by atoms with Crippen molar-refractivity contribution in [2.75, 3.05) is 46.0 Å². The van der Waals surface area contributed by atoms with E-state index in [1.165, 1.54) is 23.5 Å². The summed E-state index contributed by atoms with van der Waals surface area (Å²) in [5.74, 6) is 3.81. The van der Waals surface area contributed by atoms with Crippen LogP contribution in [-0.2, 0) is 9.59 Å². The van der Waals surface area contributed by atoms with Crippen LogP contribution in [0.1, 0.15) is 0 Å². The molecule has 0 fully saturated rings. The standard InChI is InChI=1S/C10H18O4S4.2Na/c11-9(12)7-17-5-3-15-1-2-16-4-6-18-8-10(13)14;;/h1-8H2,(H,11,12)(H,13,14);;/q;2*+1/p-2. The van der Waals surface area contributed by atoms with Gasteiger partial charge >= 0.3 is 59.1 Å². The number of aliphatic carboxylic acids is 2. The van der Waals surface area contributed by atoms with Crippen LogP contribution in [-0.4, -0.2) is 58.0 Å². The van der Waals surface area contributed by atoms with Gasteiger partial charge in [0.2, 0.25) is 0 Å². The Morgan fingerprint density at radius 2 is 0.850 bits per heavy atom. The first-order valence-corrected chi connectivity index (χ1v) is 9.95. The van der Waals surface area contributed by atoms with Crippen LogP contribution in [0.4, 0.5) is 0 Å². The van der Waals surface area contributed by atoms with Crippen molar-refractivity contribution >= 4 is 59.0 Å². The van der Waals surface area contributed by atoms with Gasteiger partial charge in [-0.1, -0.05) is 0 Å². The van der Waals surface area contributed by atoms with Crippen molar-refractivity contribution in [3.63, 3.8) is 0 Å². The van der Waals surface area contributed by atoms with Crippen molar-refractivity contribution < 1.29 is 78.9 Å². The van der Waals surface area contributed by atoms with Gasteiger partial charge in [-0.3, -0.25) is 0 Å². The predicted octanol–water partition coefficient (Wildman–Crippen LogP) is -6.57. The maximum atomic E-state index is 10.1. The molecule has 4 nitrogen and oxygen atoms in total. The first kappa shape index (κ1) is 27.2. The number of carbonyl (C=O) groups excluding carboxylic acids is 2. The first-order valence-electron chi connectivity index (χ1n) is 5.33. The fraction of sp³-hybridized carbons (Fsp3) is 0.800. The molecule has 0 rings (SSSR count). The van der Waals surface area contributed by atoms with E-state index in [1.807, 2.05) is 23.5 Å². The first-order chi connectivity index (χ1) is 8.63. The van der Waals surface area contributed by atoms with E-state index in [-0.39, 0.29) is 70.6 Å². The monoisotopic (exact) mass is 374 g/mol. The number of thioether (sulfide) groups is 4. The minimum absolute atomic E-state index is 0. The Kier molecular flexibility index (Phi) is 29.0. The molecular formula is C10H16Na2O4S4. The van der Waals surface area contributed by atoms with Crippen molar-refractivity contribution in [1.82, 2.24) is 0 Å². The van der Waals surface area contributed by atoms with Crippen LogP contribution in [0.25, 0.3) is 0 Å². The van der Waals surface area contributed by atoms with E-state index in [2.05, 4.69) is 0 Å². The third kappa shape index (κ3) is 25.3. The van der Waals surface area contributed by atoms with Gasteiger partial charge in [-0.2, -0.15) is 47.0 Å². The molecule has 0 aromatic heterocycles. The molecule has 0 N–H and O–H groups in total. The zero-order chi connectivity index (χ0) is 13.6. The van der Waals surface area contributed by atoms with Crippen molar-refractivity contribution in [3.8, 4) is 0 Å². The van der Waals surface area contributed by atoms with Crippen LogP contribution in [0.2, 0.25) is 0 Å². The van der Waals surface area contributed by atoms with Crippen molar-refractivity contribution in [1.29, 1.82) is 0 Å². The molecular weight excluding hydrogens is 358 g/mol. The second-order valence-corrected chi connectivity index (χ2v) is 7.73. The van der Waals surface area contributed by atoms with Crippen LogP contribution in [0.15, 0.2) is 0 Å². The second-order valence-electron chi connectivity index (χ2n) is 3.07.